The predicted molar refractivity (Wildman–Crippen MR) is 74.4 cm³/mol. The first kappa shape index (κ1) is 13.5. The first-order chi connectivity index (χ1) is 8.77. The third kappa shape index (κ3) is 3.77. The van der Waals surface area contributed by atoms with Gasteiger partial charge in [-0.2, -0.15) is 0 Å². The maximum absolute atomic E-state index is 4.17. The molecule has 18 heavy (non-hydrogen) atoms. The monoisotopic (exact) mass is 247 g/mol. The van der Waals surface area contributed by atoms with Gasteiger partial charge in [-0.15, -0.1) is 0 Å². The van der Waals surface area contributed by atoms with E-state index in [0.29, 0.717) is 5.92 Å². The van der Waals surface area contributed by atoms with Gasteiger partial charge in [-0.1, -0.05) is 26.7 Å². The Morgan fingerprint density at radius 2 is 1.94 bits per heavy atom. The molecule has 0 radical (unpaired) electrons. The molecule has 1 aromatic rings. The van der Waals surface area contributed by atoms with Crippen molar-refractivity contribution < 1.29 is 0 Å². The lowest BCUT2D eigenvalue weighted by Gasteiger charge is -2.32. The number of rotatable bonds is 5. The number of nitrogens with one attached hydrogen (secondary N) is 1. The fourth-order valence-corrected chi connectivity index (χ4v) is 2.95. The van der Waals surface area contributed by atoms with Crippen LogP contribution < -0.4 is 5.32 Å². The Kier molecular flexibility index (Phi) is 5.12. The summed E-state index contributed by atoms with van der Waals surface area (Å²) in [4.78, 5) is 8.34. The summed E-state index contributed by atoms with van der Waals surface area (Å²) in [7, 11) is 0. The topological polar surface area (TPSA) is 37.8 Å². The number of nitrogens with zero attached hydrogens (tertiary/aromatic N) is 2. The fourth-order valence-electron chi connectivity index (χ4n) is 2.95. The van der Waals surface area contributed by atoms with Gasteiger partial charge in [0.2, 0.25) is 0 Å². The number of aromatic nitrogens is 2. The highest BCUT2D eigenvalue weighted by Crippen LogP contribution is 2.36. The Hall–Kier alpha value is -0.960. The molecule has 3 nitrogen and oxygen atoms in total. The fraction of sp³-hybridized carbons (Fsp3) is 0.733. The Labute approximate surface area is 110 Å². The van der Waals surface area contributed by atoms with E-state index in [1.54, 1.807) is 6.33 Å². The molecule has 2 unspecified atom stereocenters. The van der Waals surface area contributed by atoms with Crippen molar-refractivity contribution in [1.82, 2.24) is 15.3 Å². The molecule has 1 aliphatic rings. The third-order valence-corrected chi connectivity index (χ3v) is 3.88. The summed E-state index contributed by atoms with van der Waals surface area (Å²) in [5, 5.41) is 3.61. The summed E-state index contributed by atoms with van der Waals surface area (Å²) in [6, 6.07) is 0. The van der Waals surface area contributed by atoms with Crippen molar-refractivity contribution in [2.24, 2.45) is 11.8 Å². The molecule has 0 spiro atoms. The minimum absolute atomic E-state index is 0.652. The zero-order valence-electron chi connectivity index (χ0n) is 11.6. The van der Waals surface area contributed by atoms with Crippen LogP contribution in [0.2, 0.25) is 0 Å². The number of hydrogen-bond donors (Lipinski definition) is 1. The molecule has 3 heteroatoms. The zero-order valence-corrected chi connectivity index (χ0v) is 11.6. The van der Waals surface area contributed by atoms with E-state index in [-0.39, 0.29) is 0 Å². The smallest absolute Gasteiger partial charge is 0.115 e. The Bertz CT molecular complexity index is 337. The second-order valence-electron chi connectivity index (χ2n) is 5.87. The van der Waals surface area contributed by atoms with Gasteiger partial charge in [0.05, 0.1) is 0 Å². The van der Waals surface area contributed by atoms with Crippen molar-refractivity contribution in [3.05, 3.63) is 24.3 Å². The van der Waals surface area contributed by atoms with Crippen LogP contribution in [0.25, 0.3) is 0 Å². The first-order valence-corrected chi connectivity index (χ1v) is 7.23. The molecule has 100 valence electrons. The minimum Gasteiger partial charge on any atom is -0.316 e. The average molecular weight is 247 g/mol. The second kappa shape index (κ2) is 6.83. The summed E-state index contributed by atoms with van der Waals surface area (Å²) in [6.45, 7) is 6.78. The third-order valence-electron chi connectivity index (χ3n) is 3.88. The van der Waals surface area contributed by atoms with Crippen LogP contribution in [0.3, 0.4) is 0 Å². The molecule has 1 saturated carbocycles. The summed E-state index contributed by atoms with van der Waals surface area (Å²) < 4.78 is 0. The molecule has 1 fully saturated rings. The van der Waals surface area contributed by atoms with Gasteiger partial charge in [0.1, 0.15) is 6.33 Å². The lowest BCUT2D eigenvalue weighted by Crippen LogP contribution is -2.31. The van der Waals surface area contributed by atoms with Gasteiger partial charge in [0.25, 0.3) is 0 Å². The van der Waals surface area contributed by atoms with Crippen LogP contribution in [-0.2, 0) is 0 Å². The highest BCUT2D eigenvalue weighted by molar-refractivity contribution is 5.12. The molecular formula is C15H25N3. The van der Waals surface area contributed by atoms with Crippen molar-refractivity contribution >= 4 is 0 Å². The molecule has 0 saturated heterocycles. The number of hydrogen-bond acceptors (Lipinski definition) is 3. The molecule has 0 amide bonds. The largest absolute Gasteiger partial charge is 0.316 e. The maximum Gasteiger partial charge on any atom is 0.115 e. The molecule has 1 aromatic heterocycles. The summed E-state index contributed by atoms with van der Waals surface area (Å²) in [6.07, 6.45) is 11.0. The van der Waals surface area contributed by atoms with Crippen LogP contribution >= 0.6 is 0 Å². The van der Waals surface area contributed by atoms with Crippen LogP contribution in [-0.4, -0.2) is 23.1 Å². The van der Waals surface area contributed by atoms with Crippen LogP contribution in [0.5, 0.6) is 0 Å². The van der Waals surface area contributed by atoms with Crippen LogP contribution in [0.15, 0.2) is 18.7 Å². The van der Waals surface area contributed by atoms with Gasteiger partial charge < -0.3 is 5.32 Å². The average Bonchev–Trinajstić information content (AvgIpc) is 2.40. The Morgan fingerprint density at radius 3 is 2.67 bits per heavy atom. The van der Waals surface area contributed by atoms with Crippen molar-refractivity contribution in [3.8, 4) is 0 Å². The van der Waals surface area contributed by atoms with Crippen molar-refractivity contribution in [2.45, 2.75) is 45.4 Å². The van der Waals surface area contributed by atoms with E-state index < -0.39 is 0 Å². The zero-order chi connectivity index (χ0) is 12.8. The van der Waals surface area contributed by atoms with E-state index in [0.717, 1.165) is 24.9 Å². The second-order valence-corrected chi connectivity index (χ2v) is 5.87. The van der Waals surface area contributed by atoms with Gasteiger partial charge >= 0.3 is 0 Å². The lowest BCUT2D eigenvalue weighted by atomic mass is 9.76. The molecule has 2 rings (SSSR count). The van der Waals surface area contributed by atoms with Crippen LogP contribution in [0.1, 0.15) is 51.0 Å². The highest BCUT2D eigenvalue weighted by Gasteiger charge is 2.26. The highest BCUT2D eigenvalue weighted by atomic mass is 14.9. The molecule has 1 aliphatic carbocycles. The minimum atomic E-state index is 0.652. The van der Waals surface area contributed by atoms with E-state index in [9.17, 15) is 0 Å². The van der Waals surface area contributed by atoms with Crippen LogP contribution in [0, 0.1) is 11.8 Å². The maximum atomic E-state index is 4.17. The SMILES string of the molecule is CC(C)CNCC1CCCCC1c1cncnc1. The Morgan fingerprint density at radius 1 is 1.22 bits per heavy atom. The molecule has 2 atom stereocenters. The van der Waals surface area contributed by atoms with E-state index in [1.807, 2.05) is 12.4 Å². The molecular weight excluding hydrogens is 222 g/mol. The van der Waals surface area contributed by atoms with E-state index >= 15 is 0 Å². The van der Waals surface area contributed by atoms with Crippen molar-refractivity contribution in [3.63, 3.8) is 0 Å². The van der Waals surface area contributed by atoms with E-state index in [4.69, 9.17) is 0 Å². The molecule has 0 bridgehead atoms. The Balaban J connectivity index is 1.94. The summed E-state index contributed by atoms with van der Waals surface area (Å²) in [5.74, 6) is 2.13. The van der Waals surface area contributed by atoms with Crippen LogP contribution in [0.4, 0.5) is 0 Å². The summed E-state index contributed by atoms with van der Waals surface area (Å²) in [5.41, 5.74) is 1.33. The molecule has 0 aromatic carbocycles. The van der Waals surface area contributed by atoms with Crippen molar-refractivity contribution in [1.29, 1.82) is 0 Å². The quantitative estimate of drug-likeness (QED) is 0.869. The molecule has 0 aliphatic heterocycles. The molecule has 1 heterocycles. The van der Waals surface area contributed by atoms with Gasteiger partial charge in [-0.05, 0) is 49.2 Å². The summed E-state index contributed by atoms with van der Waals surface area (Å²) >= 11 is 0. The normalized spacial score (nSPS) is 24.4. The standard InChI is InChI=1S/C15H25N3/c1-12(2)7-16-8-13-5-3-4-6-15(13)14-9-17-11-18-10-14/h9-13,15-16H,3-8H2,1-2H3. The van der Waals surface area contributed by atoms with E-state index in [2.05, 4.69) is 29.1 Å². The van der Waals surface area contributed by atoms with Gasteiger partial charge in [-0.3, -0.25) is 0 Å². The molecule has 1 N–H and O–H groups in total. The lowest BCUT2D eigenvalue weighted by molar-refractivity contribution is 0.291. The van der Waals surface area contributed by atoms with Gasteiger partial charge in [-0.25, -0.2) is 9.97 Å². The first-order valence-electron chi connectivity index (χ1n) is 7.23. The van der Waals surface area contributed by atoms with Gasteiger partial charge in [0.15, 0.2) is 0 Å². The predicted octanol–water partition coefficient (Wildman–Crippen LogP) is 3.00. The van der Waals surface area contributed by atoms with Crippen molar-refractivity contribution in [2.75, 3.05) is 13.1 Å². The van der Waals surface area contributed by atoms with Gasteiger partial charge in [0, 0.05) is 12.4 Å². The van der Waals surface area contributed by atoms with E-state index in [1.165, 1.54) is 31.2 Å².